The predicted octanol–water partition coefficient (Wildman–Crippen LogP) is 5.88. The summed E-state index contributed by atoms with van der Waals surface area (Å²) in [7, 11) is 0. The van der Waals surface area contributed by atoms with Gasteiger partial charge in [0.25, 0.3) is 5.91 Å². The van der Waals surface area contributed by atoms with Crippen molar-refractivity contribution in [3.63, 3.8) is 0 Å². The number of thioether (sulfide) groups is 1. The van der Waals surface area contributed by atoms with Gasteiger partial charge in [0.2, 0.25) is 0 Å². The lowest BCUT2D eigenvalue weighted by atomic mass is 9.92. The van der Waals surface area contributed by atoms with Crippen LogP contribution in [0.5, 0.6) is 0 Å². The number of pyridine rings is 1. The number of aromatic nitrogens is 1. The number of carboxylic acid groups (broad SMARTS) is 1. The van der Waals surface area contributed by atoms with Crippen LogP contribution in [0.2, 0.25) is 0 Å². The van der Waals surface area contributed by atoms with E-state index in [2.05, 4.69) is 10.3 Å². The lowest BCUT2D eigenvalue weighted by Gasteiger charge is -2.21. The van der Waals surface area contributed by atoms with Crippen LogP contribution in [0.15, 0.2) is 67.0 Å². The molecule has 0 bridgehead atoms. The highest BCUT2D eigenvalue weighted by Crippen LogP contribution is 2.30. The van der Waals surface area contributed by atoms with E-state index in [9.17, 15) is 19.5 Å². The van der Waals surface area contributed by atoms with Crippen molar-refractivity contribution in [3.05, 3.63) is 89.2 Å². The molecule has 39 heavy (non-hydrogen) atoms. The summed E-state index contributed by atoms with van der Waals surface area (Å²) >= 11 is 1.52. The van der Waals surface area contributed by atoms with Gasteiger partial charge in [-0.05, 0) is 92.7 Å². The van der Waals surface area contributed by atoms with Gasteiger partial charge in [0, 0.05) is 23.5 Å². The molecule has 0 aliphatic heterocycles. The zero-order valence-corrected chi connectivity index (χ0v) is 23.7. The highest BCUT2D eigenvalue weighted by atomic mass is 32.2. The molecular formula is C31H34N2O5S. The van der Waals surface area contributed by atoms with Gasteiger partial charge in [0.1, 0.15) is 11.6 Å². The maximum absolute atomic E-state index is 13.4. The van der Waals surface area contributed by atoms with Crippen molar-refractivity contribution in [1.82, 2.24) is 10.3 Å². The Kier molecular flexibility index (Phi) is 10.1. The fourth-order valence-corrected chi connectivity index (χ4v) is 4.43. The fraction of sp³-hybridized carbons (Fsp3) is 0.290. The molecule has 0 spiro atoms. The number of carbonyl (C=O) groups is 3. The predicted molar refractivity (Wildman–Crippen MR) is 156 cm³/mol. The molecule has 0 saturated heterocycles. The van der Waals surface area contributed by atoms with Crippen LogP contribution in [0, 0.1) is 6.92 Å². The zero-order chi connectivity index (χ0) is 28.6. The Morgan fingerprint density at radius 2 is 1.82 bits per heavy atom. The third-order valence-electron chi connectivity index (χ3n) is 5.84. The van der Waals surface area contributed by atoms with Gasteiger partial charge in [-0.2, -0.15) is 11.8 Å². The largest absolute Gasteiger partial charge is 0.480 e. The van der Waals surface area contributed by atoms with E-state index in [1.54, 1.807) is 63.5 Å². The summed E-state index contributed by atoms with van der Waals surface area (Å²) in [5, 5.41) is 12.3. The number of nitrogens with zero attached hydrogens (tertiary/aromatic N) is 1. The molecule has 0 aliphatic carbocycles. The molecule has 0 unspecified atom stereocenters. The molecule has 0 fully saturated rings. The third-order valence-corrected chi connectivity index (χ3v) is 6.48. The number of nitrogens with one attached hydrogen (secondary N) is 1. The first-order chi connectivity index (χ1) is 18.5. The molecule has 2 N–H and O–H groups in total. The minimum atomic E-state index is -1.08. The number of amides is 1. The average Bonchev–Trinajstić information content (AvgIpc) is 2.89. The molecule has 1 aromatic heterocycles. The van der Waals surface area contributed by atoms with Gasteiger partial charge in [-0.3, -0.25) is 9.78 Å². The van der Waals surface area contributed by atoms with E-state index in [1.807, 2.05) is 43.5 Å². The zero-order valence-electron chi connectivity index (χ0n) is 22.9. The number of benzene rings is 2. The van der Waals surface area contributed by atoms with Crippen molar-refractivity contribution in [2.75, 3.05) is 12.0 Å². The maximum Gasteiger partial charge on any atom is 0.339 e. The number of rotatable bonds is 10. The maximum atomic E-state index is 13.4. The molecule has 204 valence electrons. The van der Waals surface area contributed by atoms with Gasteiger partial charge >= 0.3 is 11.9 Å². The van der Waals surface area contributed by atoms with Crippen LogP contribution >= 0.6 is 11.8 Å². The van der Waals surface area contributed by atoms with Crippen molar-refractivity contribution < 1.29 is 24.2 Å². The van der Waals surface area contributed by atoms with E-state index in [1.165, 1.54) is 11.8 Å². The topological polar surface area (TPSA) is 106 Å². The number of esters is 1. The van der Waals surface area contributed by atoms with Gasteiger partial charge < -0.3 is 15.2 Å². The standard InChI is InChI=1S/C31H34N2O5S/c1-20-9-6-7-11-23(20)26-18-21(12-13-24(26)28(34)33-27(29(35)36)14-16-39-5)17-25(22-10-8-15-32-19-22)30(37)38-31(2,3)4/h6-13,15,17-19,27H,14,16H2,1-5H3,(H,33,34)(H,35,36)/b25-17+/t27-/m0/s1. The molecule has 1 atom stereocenters. The molecule has 2 aromatic carbocycles. The Balaban J connectivity index is 2.12. The van der Waals surface area contributed by atoms with Crippen LogP contribution in [0.1, 0.15) is 54.2 Å². The van der Waals surface area contributed by atoms with E-state index < -0.39 is 29.5 Å². The summed E-state index contributed by atoms with van der Waals surface area (Å²) in [5.74, 6) is -1.44. The molecular weight excluding hydrogens is 512 g/mol. The second-order valence-corrected chi connectivity index (χ2v) is 11.1. The van der Waals surface area contributed by atoms with Crippen LogP contribution in [-0.4, -0.2) is 51.6 Å². The summed E-state index contributed by atoms with van der Waals surface area (Å²) in [6.45, 7) is 7.36. The van der Waals surface area contributed by atoms with E-state index in [0.29, 0.717) is 40.0 Å². The molecule has 3 rings (SSSR count). The molecule has 8 heteroatoms. The van der Waals surface area contributed by atoms with Crippen LogP contribution in [0.25, 0.3) is 22.8 Å². The Labute approximate surface area is 233 Å². The highest BCUT2D eigenvalue weighted by Gasteiger charge is 2.24. The summed E-state index contributed by atoms with van der Waals surface area (Å²) in [5.41, 5.74) is 3.66. The number of aryl methyl sites for hydroxylation is 1. The van der Waals surface area contributed by atoms with Gasteiger partial charge in [-0.25, -0.2) is 9.59 Å². The van der Waals surface area contributed by atoms with Crippen LogP contribution in [0.4, 0.5) is 0 Å². The summed E-state index contributed by atoms with van der Waals surface area (Å²) in [6, 6.07) is 15.4. The van der Waals surface area contributed by atoms with Crippen LogP contribution < -0.4 is 5.32 Å². The number of carboxylic acids is 1. The van der Waals surface area contributed by atoms with Crippen molar-refractivity contribution in [2.45, 2.75) is 45.8 Å². The van der Waals surface area contributed by atoms with Crippen molar-refractivity contribution in [3.8, 4) is 11.1 Å². The molecule has 3 aromatic rings. The van der Waals surface area contributed by atoms with Crippen molar-refractivity contribution in [2.24, 2.45) is 0 Å². The van der Waals surface area contributed by atoms with Gasteiger partial charge in [0.05, 0.1) is 5.57 Å². The first-order valence-electron chi connectivity index (χ1n) is 12.6. The first-order valence-corrected chi connectivity index (χ1v) is 14.0. The van der Waals surface area contributed by atoms with E-state index >= 15 is 0 Å². The second kappa shape index (κ2) is 13.2. The van der Waals surface area contributed by atoms with Crippen molar-refractivity contribution >= 4 is 41.3 Å². The van der Waals surface area contributed by atoms with Gasteiger partial charge in [0.15, 0.2) is 0 Å². The molecule has 0 saturated carbocycles. The number of hydrogen-bond acceptors (Lipinski definition) is 6. The monoisotopic (exact) mass is 546 g/mol. The highest BCUT2D eigenvalue weighted by molar-refractivity contribution is 7.98. The lowest BCUT2D eigenvalue weighted by Crippen LogP contribution is -2.41. The van der Waals surface area contributed by atoms with E-state index in [-0.39, 0.29) is 0 Å². The smallest absolute Gasteiger partial charge is 0.339 e. The Hall–Kier alpha value is -3.91. The Morgan fingerprint density at radius 3 is 2.44 bits per heavy atom. The summed E-state index contributed by atoms with van der Waals surface area (Å²) in [4.78, 5) is 42.5. The van der Waals surface area contributed by atoms with Gasteiger partial charge in [-0.15, -0.1) is 0 Å². The number of ether oxygens (including phenoxy) is 1. The normalized spacial score (nSPS) is 12.5. The fourth-order valence-electron chi connectivity index (χ4n) is 3.96. The molecule has 1 amide bonds. The van der Waals surface area contributed by atoms with Crippen molar-refractivity contribution in [1.29, 1.82) is 0 Å². The quantitative estimate of drug-likeness (QED) is 0.242. The Morgan fingerprint density at radius 1 is 1.08 bits per heavy atom. The SMILES string of the molecule is CSCC[C@H](NC(=O)c1ccc(/C=C(/C(=O)OC(C)(C)C)c2cccnc2)cc1-c1ccccc1C)C(=O)O. The van der Waals surface area contributed by atoms with Crippen LogP contribution in [0.3, 0.4) is 0 Å². The summed E-state index contributed by atoms with van der Waals surface area (Å²) < 4.78 is 5.66. The molecule has 0 radical (unpaired) electrons. The minimum Gasteiger partial charge on any atom is -0.480 e. The number of carbonyl (C=O) groups excluding carboxylic acids is 2. The molecule has 0 aliphatic rings. The Bertz CT molecular complexity index is 1360. The number of aliphatic carboxylic acids is 1. The molecule has 1 heterocycles. The van der Waals surface area contributed by atoms with Crippen LogP contribution in [-0.2, 0) is 14.3 Å². The summed E-state index contributed by atoms with van der Waals surface area (Å²) in [6.07, 6.45) is 7.14. The first kappa shape index (κ1) is 29.6. The van der Waals surface area contributed by atoms with E-state index in [4.69, 9.17) is 4.74 Å². The number of hydrogen-bond donors (Lipinski definition) is 2. The second-order valence-electron chi connectivity index (χ2n) is 10.1. The van der Waals surface area contributed by atoms with E-state index in [0.717, 1.165) is 11.1 Å². The lowest BCUT2D eigenvalue weighted by molar-refractivity contribution is -0.147. The third kappa shape index (κ3) is 8.29. The average molecular weight is 547 g/mol. The minimum absolute atomic E-state index is 0.313. The molecule has 7 nitrogen and oxygen atoms in total. The van der Waals surface area contributed by atoms with Gasteiger partial charge in [-0.1, -0.05) is 36.4 Å².